The summed E-state index contributed by atoms with van der Waals surface area (Å²) in [7, 11) is 0. The zero-order valence-electron chi connectivity index (χ0n) is 59.5. The fraction of sp³-hybridized carbons (Fsp3) is 0.0952. The Morgan fingerprint density at radius 1 is 0.357 bits per heavy atom. The first kappa shape index (κ1) is 76.4. The number of carbonyl (C=O) groups is 4. The van der Waals surface area contributed by atoms with E-state index in [0.29, 0.717) is 44.2 Å². The van der Waals surface area contributed by atoms with Crippen LogP contribution < -0.4 is 42.5 Å². The average molecular weight is 1580 g/mol. The zero-order valence-corrected chi connectivity index (χ0v) is 63.5. The van der Waals surface area contributed by atoms with Crippen LogP contribution in [0.25, 0.3) is 67.3 Å². The molecule has 4 aliphatic heterocycles. The van der Waals surface area contributed by atoms with Crippen molar-refractivity contribution in [2.45, 2.75) is 51.9 Å². The van der Waals surface area contributed by atoms with Crippen molar-refractivity contribution in [3.8, 4) is 75.1 Å². The quantitative estimate of drug-likeness (QED) is 0.0550. The van der Waals surface area contributed by atoms with Gasteiger partial charge in [0, 0.05) is 93.9 Å². The highest BCUT2D eigenvalue weighted by Gasteiger charge is 2.34. The van der Waals surface area contributed by atoms with Crippen LogP contribution in [0.15, 0.2) is 238 Å². The van der Waals surface area contributed by atoms with Gasteiger partial charge in [-0.2, -0.15) is 21.0 Å². The summed E-state index contributed by atoms with van der Waals surface area (Å²) in [6.07, 6.45) is 0. The van der Waals surface area contributed by atoms with Crippen molar-refractivity contribution in [2.24, 2.45) is 0 Å². The van der Waals surface area contributed by atoms with Crippen LogP contribution >= 0.6 is 56.9 Å². The Morgan fingerprint density at radius 3 is 0.920 bits per heavy atom. The number of halogens is 3. The maximum absolute atomic E-state index is 13.8. The van der Waals surface area contributed by atoms with Gasteiger partial charge in [0.15, 0.2) is 0 Å². The van der Waals surface area contributed by atoms with Gasteiger partial charge in [-0.05, 0) is 147 Å². The predicted molar refractivity (Wildman–Crippen MR) is 429 cm³/mol. The van der Waals surface area contributed by atoms with Gasteiger partial charge in [0.25, 0.3) is 0 Å². The Hall–Kier alpha value is -13.8. The first-order valence-corrected chi connectivity index (χ1v) is 38.1. The van der Waals surface area contributed by atoms with E-state index < -0.39 is 12.1 Å². The van der Waals surface area contributed by atoms with Crippen LogP contribution in [-0.4, -0.2) is 49.2 Å². The van der Waals surface area contributed by atoms with Crippen LogP contribution in [0, 0.1) is 57.0 Å². The molecule has 12 aromatic rings. The number of phenols is 1. The van der Waals surface area contributed by atoms with Gasteiger partial charge in [0.05, 0.1) is 93.5 Å². The molecule has 4 atom stereocenters. The van der Waals surface area contributed by atoms with Crippen molar-refractivity contribution < 1.29 is 33.1 Å². The Balaban J connectivity index is 0.000000131. The number of amides is 8. The summed E-state index contributed by atoms with van der Waals surface area (Å²) < 4.78 is 27.1. The number of phenolic OH excluding ortho intramolecular Hbond substituents is 1. The van der Waals surface area contributed by atoms with E-state index in [1.807, 2.05) is 116 Å². The number of aromatic nitrogens is 4. The van der Waals surface area contributed by atoms with E-state index in [1.165, 1.54) is 69.6 Å². The summed E-state index contributed by atoms with van der Waals surface area (Å²) in [5.41, 5.74) is 18.8. The van der Waals surface area contributed by atoms with E-state index in [-0.39, 0.29) is 53.6 Å². The molecule has 21 nitrogen and oxygen atoms in total. The summed E-state index contributed by atoms with van der Waals surface area (Å²) in [5.74, 6) is -0.521. The van der Waals surface area contributed by atoms with Crippen molar-refractivity contribution in [1.82, 2.24) is 62.5 Å². The Morgan fingerprint density at radius 2 is 0.634 bits per heavy atom. The third-order valence-electron chi connectivity index (χ3n) is 18.0. The molecule has 0 saturated carbocycles. The van der Waals surface area contributed by atoms with Gasteiger partial charge < -0.3 is 47.6 Å². The number of nitrogens with zero attached hydrogens (tertiary/aromatic N) is 8. The minimum atomic E-state index is -0.496. The molecule has 0 fully saturated rings. The smallest absolute Gasteiger partial charge is 0.319 e. The number of nitriles is 4. The number of urea groups is 4. The molecule has 4 aliphatic rings. The van der Waals surface area contributed by atoms with E-state index >= 15 is 0 Å². The molecule has 4 unspecified atom stereocenters. The molecule has 8 aromatic carbocycles. The third kappa shape index (κ3) is 17.7. The van der Waals surface area contributed by atoms with Gasteiger partial charge in [0.1, 0.15) is 37.4 Å². The number of nitrogens with one attached hydrogen (secondary N) is 8. The van der Waals surface area contributed by atoms with Crippen molar-refractivity contribution in [3.63, 3.8) is 0 Å². The van der Waals surface area contributed by atoms with Gasteiger partial charge in [-0.3, -0.25) is 0 Å². The summed E-state index contributed by atoms with van der Waals surface area (Å²) in [6.45, 7) is 7.36. The van der Waals surface area contributed by atoms with Gasteiger partial charge in [-0.25, -0.2) is 47.9 Å². The lowest BCUT2D eigenvalue weighted by Gasteiger charge is -2.28. The van der Waals surface area contributed by atoms with Crippen LogP contribution in [0.1, 0.15) is 116 Å². The molecular formula is C84H61ClF2N16O5S4. The molecule has 552 valence electrons. The molecule has 0 radical (unpaired) electrons. The lowest BCUT2D eigenvalue weighted by molar-refractivity contribution is 0.239. The summed E-state index contributed by atoms with van der Waals surface area (Å²) in [6, 6.07) is 61.1. The maximum atomic E-state index is 13.8. The van der Waals surface area contributed by atoms with Gasteiger partial charge >= 0.3 is 24.1 Å². The van der Waals surface area contributed by atoms with Crippen molar-refractivity contribution in [2.75, 3.05) is 0 Å². The SMILES string of the molecule is CC1=C(c2nc(-c3ccc(C#N)cc3)cs2)C(c2ccc(F)cc2)NC(=O)N1.CC1=C(c2nc(-c3ccc(C#N)cc3)cs2)C(c2ccc(O)cc2)NC(=O)N1.CC1=C(c2nc(-c3ccc(C#N)cc3)cs2)C(c2cccc(Cl)c2)NC(=O)N1.CC1=C(c2nc(-c3ccc(C#N)cc3)cs2)C(c2cccc(F)c2)NC(=O)N1. The van der Waals surface area contributed by atoms with Crippen molar-refractivity contribution in [3.05, 3.63) is 320 Å². The van der Waals surface area contributed by atoms with Crippen molar-refractivity contribution >= 4 is 103 Å². The molecule has 0 aliphatic carbocycles. The molecule has 9 N–H and O–H groups in total. The van der Waals surface area contributed by atoms with Crippen LogP contribution in [0.2, 0.25) is 5.02 Å². The number of hydrogen-bond acceptors (Lipinski definition) is 17. The molecule has 4 aromatic heterocycles. The van der Waals surface area contributed by atoms with Crippen molar-refractivity contribution in [1.29, 1.82) is 21.0 Å². The molecule has 0 saturated heterocycles. The lowest BCUT2D eigenvalue weighted by atomic mass is 9.96. The average Bonchev–Trinajstić information content (AvgIpc) is 1.71. The normalized spacial score (nSPS) is 16.3. The summed E-state index contributed by atoms with van der Waals surface area (Å²) in [4.78, 5) is 67.2. The lowest BCUT2D eigenvalue weighted by Crippen LogP contribution is -2.42. The molecule has 16 rings (SSSR count). The van der Waals surface area contributed by atoms with Crippen LogP contribution in [0.5, 0.6) is 5.75 Å². The number of thiazole rings is 4. The number of rotatable bonds is 12. The monoisotopic (exact) mass is 1570 g/mol. The summed E-state index contributed by atoms with van der Waals surface area (Å²) in [5, 5.41) is 79.7. The fourth-order valence-corrected chi connectivity index (χ4v) is 16.6. The Bertz CT molecular complexity index is 5570. The minimum Gasteiger partial charge on any atom is -0.508 e. The molecule has 112 heavy (non-hydrogen) atoms. The molecule has 8 amide bonds. The fourth-order valence-electron chi connectivity index (χ4n) is 12.6. The number of carbonyl (C=O) groups excluding carboxylic acids is 4. The van der Waals surface area contributed by atoms with Crippen LogP contribution in [-0.2, 0) is 0 Å². The standard InChI is InChI=1S/C21H15ClN4OS.2C21H15FN4OS.C21H16N4O2S/c1-12-18(19(26-21(27)24-12)15-3-2-4-16(22)9-15)20-25-17(11-28-20)14-7-5-13(10-23)6-8-14;1-12-18(19(26-21(27)24-12)15-6-8-16(22)9-7-15)20-25-17(11-28-20)14-4-2-13(10-23)3-5-14;1-12-18(19(26-21(27)24-12)15-3-2-4-16(22)9-15)20-25-17(11-28-20)14-7-5-13(10-23)6-8-14;1-12-18(19(25-21(27)23-12)15-6-8-16(26)9-7-15)20-24-17(11-28-20)14-4-2-13(10-22)3-5-14/h3*2-9,11,19H,1H3,(H2,24,26,27);2-9,11,19,26H,1H3,(H2,23,25,27). The maximum Gasteiger partial charge on any atom is 0.319 e. The van der Waals surface area contributed by atoms with E-state index in [2.05, 4.69) is 66.8 Å². The highest BCUT2D eigenvalue weighted by atomic mass is 35.5. The Labute approximate surface area is 662 Å². The number of allylic oxidation sites excluding steroid dienone is 4. The van der Waals surface area contributed by atoms with Gasteiger partial charge in [-0.1, -0.05) is 109 Å². The first-order valence-electron chi connectivity index (χ1n) is 34.2. The molecule has 0 bridgehead atoms. The zero-order chi connectivity index (χ0) is 78.7. The van der Waals surface area contributed by atoms with Crippen LogP contribution in [0.4, 0.5) is 28.0 Å². The second kappa shape index (κ2) is 34.2. The van der Waals surface area contributed by atoms with Gasteiger partial charge in [-0.15, -0.1) is 45.3 Å². The van der Waals surface area contributed by atoms with E-state index in [4.69, 9.17) is 52.6 Å². The minimum absolute atomic E-state index is 0.170. The predicted octanol–water partition coefficient (Wildman–Crippen LogP) is 18.5. The van der Waals surface area contributed by atoms with Gasteiger partial charge in [0.2, 0.25) is 0 Å². The topological polar surface area (TPSA) is 331 Å². The largest absolute Gasteiger partial charge is 0.508 e. The number of hydrogen-bond donors (Lipinski definition) is 9. The summed E-state index contributed by atoms with van der Waals surface area (Å²) >= 11 is 12.1. The number of aromatic hydroxyl groups is 1. The second-order valence-electron chi connectivity index (χ2n) is 25.4. The molecule has 0 spiro atoms. The van der Waals surface area contributed by atoms with Crippen LogP contribution in [0.3, 0.4) is 0 Å². The van der Waals surface area contributed by atoms with E-state index in [0.717, 1.165) is 115 Å². The number of benzene rings is 8. The van der Waals surface area contributed by atoms with E-state index in [1.54, 1.807) is 103 Å². The van der Waals surface area contributed by atoms with E-state index in [9.17, 15) is 33.1 Å². The molecular weight excluding hydrogens is 1510 g/mol. The highest BCUT2D eigenvalue weighted by Crippen LogP contribution is 2.43. The Kier molecular flexibility index (Phi) is 23.3. The highest BCUT2D eigenvalue weighted by molar-refractivity contribution is 7.12. The second-order valence-corrected chi connectivity index (χ2v) is 29.3. The first-order chi connectivity index (χ1) is 54.2. The molecule has 8 heterocycles. The third-order valence-corrected chi connectivity index (χ3v) is 21.8. The molecule has 28 heteroatoms.